The number of anilines is 1. The van der Waals surface area contributed by atoms with Crippen molar-refractivity contribution in [3.05, 3.63) is 60.4 Å². The number of aromatic nitrogens is 2. The van der Waals surface area contributed by atoms with Gasteiger partial charge >= 0.3 is 0 Å². The summed E-state index contributed by atoms with van der Waals surface area (Å²) in [5.74, 6) is 1.74. The van der Waals surface area contributed by atoms with Crippen molar-refractivity contribution in [1.82, 2.24) is 15.3 Å². The third-order valence-electron chi connectivity index (χ3n) is 4.69. The summed E-state index contributed by atoms with van der Waals surface area (Å²) in [5.41, 5.74) is 1.58. The molecule has 146 valence electrons. The predicted molar refractivity (Wildman–Crippen MR) is 105 cm³/mol. The first kappa shape index (κ1) is 18.4. The molecule has 0 amide bonds. The van der Waals surface area contributed by atoms with E-state index in [4.69, 9.17) is 9.15 Å². The highest BCUT2D eigenvalue weighted by atomic mass is 19.1. The molecule has 0 spiro atoms. The Kier molecular flexibility index (Phi) is 5.82. The van der Waals surface area contributed by atoms with Crippen LogP contribution in [0.1, 0.15) is 18.4 Å². The zero-order valence-electron chi connectivity index (χ0n) is 15.5. The summed E-state index contributed by atoms with van der Waals surface area (Å²) in [6, 6.07) is 8.45. The smallest absolute Gasteiger partial charge is 0.222 e. The zero-order chi connectivity index (χ0) is 19.2. The average molecular weight is 382 g/mol. The van der Waals surface area contributed by atoms with Crippen LogP contribution in [0.5, 0.6) is 5.75 Å². The van der Waals surface area contributed by atoms with Crippen molar-refractivity contribution in [2.75, 3.05) is 25.0 Å². The molecule has 0 aliphatic carbocycles. The van der Waals surface area contributed by atoms with Gasteiger partial charge in [-0.05, 0) is 61.7 Å². The van der Waals surface area contributed by atoms with Crippen molar-refractivity contribution in [3.8, 4) is 17.1 Å². The number of rotatable bonds is 8. The maximum Gasteiger partial charge on any atom is 0.222 e. The number of aryl methyl sites for hydroxylation is 1. The first-order valence-electron chi connectivity index (χ1n) is 9.54. The van der Waals surface area contributed by atoms with Crippen molar-refractivity contribution in [3.63, 3.8) is 0 Å². The minimum absolute atomic E-state index is 0.0529. The van der Waals surface area contributed by atoms with Crippen LogP contribution in [0.3, 0.4) is 0 Å². The minimum Gasteiger partial charge on any atom is -0.488 e. The molecule has 3 aromatic rings. The molecule has 1 atom stereocenters. The van der Waals surface area contributed by atoms with Crippen molar-refractivity contribution in [2.24, 2.45) is 0 Å². The standard InChI is InChI=1S/C21H23FN4O2/c22-16-12-15-5-6-17(28-20(15)18(13-16)19-4-1-11-27-19)14-23-7-2-8-24-21-25-9-3-10-26-21/h1,3-4,9-13,17,23H,2,5-8,14H2,(H,24,25,26). The third-order valence-corrected chi connectivity index (χ3v) is 4.69. The first-order chi connectivity index (χ1) is 13.8. The number of benzene rings is 1. The average Bonchev–Trinajstić information content (AvgIpc) is 3.25. The van der Waals surface area contributed by atoms with E-state index in [2.05, 4.69) is 20.6 Å². The number of furan rings is 1. The van der Waals surface area contributed by atoms with E-state index in [1.807, 2.05) is 6.07 Å². The summed E-state index contributed by atoms with van der Waals surface area (Å²) < 4.78 is 25.6. The Bertz CT molecular complexity index is 887. The molecule has 0 saturated carbocycles. The molecule has 0 saturated heterocycles. The van der Waals surface area contributed by atoms with E-state index in [-0.39, 0.29) is 11.9 Å². The lowest BCUT2D eigenvalue weighted by atomic mass is 9.97. The van der Waals surface area contributed by atoms with E-state index < -0.39 is 0 Å². The van der Waals surface area contributed by atoms with Crippen molar-refractivity contribution < 1.29 is 13.5 Å². The molecule has 1 unspecified atom stereocenters. The van der Waals surface area contributed by atoms with Crippen LogP contribution in [0.4, 0.5) is 10.3 Å². The maximum absolute atomic E-state index is 14.0. The van der Waals surface area contributed by atoms with Crippen LogP contribution in [-0.4, -0.2) is 35.7 Å². The van der Waals surface area contributed by atoms with Crippen LogP contribution in [0.2, 0.25) is 0 Å². The van der Waals surface area contributed by atoms with Gasteiger partial charge in [-0.25, -0.2) is 14.4 Å². The molecule has 28 heavy (non-hydrogen) atoms. The Labute approximate surface area is 163 Å². The molecule has 0 fully saturated rings. The van der Waals surface area contributed by atoms with Crippen molar-refractivity contribution in [2.45, 2.75) is 25.4 Å². The van der Waals surface area contributed by atoms with Gasteiger partial charge in [-0.15, -0.1) is 0 Å². The van der Waals surface area contributed by atoms with E-state index in [1.54, 1.807) is 36.9 Å². The molecule has 2 N–H and O–H groups in total. The van der Waals surface area contributed by atoms with Gasteiger partial charge in [-0.1, -0.05) is 0 Å². The third kappa shape index (κ3) is 4.48. The number of fused-ring (bicyclic) bond motifs is 1. The fraction of sp³-hybridized carbons (Fsp3) is 0.333. The fourth-order valence-corrected chi connectivity index (χ4v) is 3.34. The molecule has 7 heteroatoms. The normalized spacial score (nSPS) is 15.7. The Balaban J connectivity index is 1.27. The Morgan fingerprint density at radius 3 is 2.86 bits per heavy atom. The van der Waals surface area contributed by atoms with E-state index in [1.165, 1.54) is 6.07 Å². The minimum atomic E-state index is -0.264. The highest BCUT2D eigenvalue weighted by Crippen LogP contribution is 2.38. The molecule has 6 nitrogen and oxygen atoms in total. The van der Waals surface area contributed by atoms with Crippen LogP contribution < -0.4 is 15.4 Å². The Morgan fingerprint density at radius 2 is 2.04 bits per heavy atom. The lowest BCUT2D eigenvalue weighted by molar-refractivity contribution is 0.171. The number of ether oxygens (including phenoxy) is 1. The van der Waals surface area contributed by atoms with Crippen LogP contribution >= 0.6 is 0 Å². The van der Waals surface area contributed by atoms with Gasteiger partial charge in [0.25, 0.3) is 0 Å². The molecule has 1 aromatic carbocycles. The van der Waals surface area contributed by atoms with Gasteiger partial charge < -0.3 is 19.8 Å². The van der Waals surface area contributed by atoms with Gasteiger partial charge in [-0.2, -0.15) is 0 Å². The van der Waals surface area contributed by atoms with E-state index in [0.717, 1.165) is 50.2 Å². The summed E-state index contributed by atoms with van der Waals surface area (Å²) in [4.78, 5) is 8.26. The molecular formula is C21H23FN4O2. The van der Waals surface area contributed by atoms with Crippen LogP contribution in [0, 0.1) is 5.82 Å². The maximum atomic E-state index is 14.0. The van der Waals surface area contributed by atoms with Crippen LogP contribution in [0.25, 0.3) is 11.3 Å². The SMILES string of the molecule is Fc1cc2c(c(-c3ccco3)c1)OC(CNCCCNc1ncccn1)CC2. The van der Waals surface area contributed by atoms with E-state index in [0.29, 0.717) is 17.3 Å². The van der Waals surface area contributed by atoms with Gasteiger partial charge in [0, 0.05) is 25.5 Å². The largest absolute Gasteiger partial charge is 0.488 e. The topological polar surface area (TPSA) is 72.2 Å². The monoisotopic (exact) mass is 382 g/mol. The van der Waals surface area contributed by atoms with Crippen LogP contribution in [0.15, 0.2) is 53.4 Å². The van der Waals surface area contributed by atoms with Crippen molar-refractivity contribution >= 4 is 5.95 Å². The molecule has 2 aromatic heterocycles. The van der Waals surface area contributed by atoms with Gasteiger partial charge in [0.1, 0.15) is 23.4 Å². The lowest BCUT2D eigenvalue weighted by Gasteiger charge is -2.28. The highest BCUT2D eigenvalue weighted by molar-refractivity contribution is 5.68. The number of nitrogens with one attached hydrogen (secondary N) is 2. The second-order valence-corrected chi connectivity index (χ2v) is 6.75. The van der Waals surface area contributed by atoms with Gasteiger partial charge in [0.05, 0.1) is 11.8 Å². The Morgan fingerprint density at radius 1 is 1.14 bits per heavy atom. The summed E-state index contributed by atoms with van der Waals surface area (Å²) in [5, 5.41) is 6.62. The molecule has 0 radical (unpaired) electrons. The molecule has 1 aliphatic heterocycles. The molecule has 3 heterocycles. The zero-order valence-corrected chi connectivity index (χ0v) is 15.5. The predicted octanol–water partition coefficient (Wildman–Crippen LogP) is 3.66. The molecule has 1 aliphatic rings. The fourth-order valence-electron chi connectivity index (χ4n) is 3.34. The summed E-state index contributed by atoms with van der Waals surface area (Å²) >= 11 is 0. The van der Waals surface area contributed by atoms with Crippen molar-refractivity contribution in [1.29, 1.82) is 0 Å². The first-order valence-corrected chi connectivity index (χ1v) is 9.54. The molecule has 0 bridgehead atoms. The molecule has 4 rings (SSSR count). The number of hydrogen-bond acceptors (Lipinski definition) is 6. The summed E-state index contributed by atoms with van der Waals surface area (Å²) in [7, 11) is 0. The lowest BCUT2D eigenvalue weighted by Crippen LogP contribution is -2.35. The number of nitrogens with zero attached hydrogens (tertiary/aromatic N) is 2. The van der Waals surface area contributed by atoms with E-state index in [9.17, 15) is 4.39 Å². The number of halogens is 1. The Hall–Kier alpha value is -2.93. The van der Waals surface area contributed by atoms with Crippen LogP contribution in [-0.2, 0) is 6.42 Å². The van der Waals surface area contributed by atoms with E-state index >= 15 is 0 Å². The van der Waals surface area contributed by atoms with Gasteiger partial charge in [0.15, 0.2) is 0 Å². The quantitative estimate of drug-likeness (QED) is 0.580. The molecular weight excluding hydrogens is 359 g/mol. The number of hydrogen-bond donors (Lipinski definition) is 2. The highest BCUT2D eigenvalue weighted by Gasteiger charge is 2.24. The summed E-state index contributed by atoms with van der Waals surface area (Å²) in [6.07, 6.45) is 7.67. The summed E-state index contributed by atoms with van der Waals surface area (Å²) in [6.45, 7) is 2.41. The second kappa shape index (κ2) is 8.84. The second-order valence-electron chi connectivity index (χ2n) is 6.75. The van der Waals surface area contributed by atoms with Gasteiger partial charge in [0.2, 0.25) is 5.95 Å². The van der Waals surface area contributed by atoms with Gasteiger partial charge in [-0.3, -0.25) is 0 Å².